The van der Waals surface area contributed by atoms with E-state index in [1.165, 1.54) is 0 Å². The Morgan fingerprint density at radius 3 is 2.70 bits per heavy atom. The number of carbonyl (C=O) groups excluding carboxylic acids is 1. The minimum Gasteiger partial charge on any atom is -0.397 e. The van der Waals surface area contributed by atoms with Gasteiger partial charge in [-0.05, 0) is 54.7 Å². The molecule has 1 saturated carbocycles. The lowest BCUT2D eigenvalue weighted by Gasteiger charge is -2.36. The molecule has 1 aliphatic carbocycles. The number of fused-ring (bicyclic) bond motifs is 2. The Labute approximate surface area is 219 Å². The Morgan fingerprint density at radius 1 is 1.19 bits per heavy atom. The zero-order chi connectivity index (χ0) is 25.8. The molecule has 10 heteroatoms. The van der Waals surface area contributed by atoms with Gasteiger partial charge in [0, 0.05) is 49.5 Å². The fourth-order valence-corrected chi connectivity index (χ4v) is 5.32. The molecule has 4 N–H and O–H groups in total. The maximum absolute atomic E-state index is 13.6. The Morgan fingerprint density at radius 2 is 2.00 bits per heavy atom. The molecule has 6 rings (SSSR count). The van der Waals surface area contributed by atoms with Crippen molar-refractivity contribution in [3.8, 4) is 11.4 Å². The number of pyridine rings is 1. The molecule has 0 bridgehead atoms. The highest BCUT2D eigenvalue weighted by Crippen LogP contribution is 2.44. The highest BCUT2D eigenvalue weighted by molar-refractivity contribution is 6.31. The molecule has 0 saturated heterocycles. The molecule has 0 spiro atoms. The van der Waals surface area contributed by atoms with Crippen LogP contribution in [0.2, 0.25) is 5.02 Å². The van der Waals surface area contributed by atoms with Gasteiger partial charge in [0.1, 0.15) is 0 Å². The molecule has 1 fully saturated rings. The van der Waals surface area contributed by atoms with E-state index in [1.54, 1.807) is 16.0 Å². The van der Waals surface area contributed by atoms with Crippen molar-refractivity contribution in [3.63, 3.8) is 0 Å². The van der Waals surface area contributed by atoms with Gasteiger partial charge >= 0.3 is 6.03 Å². The third-order valence-electron chi connectivity index (χ3n) is 7.14. The van der Waals surface area contributed by atoms with Crippen LogP contribution in [0.25, 0.3) is 28.0 Å². The van der Waals surface area contributed by atoms with Gasteiger partial charge in [-0.25, -0.2) is 4.79 Å². The summed E-state index contributed by atoms with van der Waals surface area (Å²) in [5.74, 6) is 1.11. The molecule has 3 aromatic heterocycles. The van der Waals surface area contributed by atoms with Gasteiger partial charge in [0.15, 0.2) is 5.82 Å². The average molecular weight is 517 g/mol. The van der Waals surface area contributed by atoms with E-state index in [9.17, 15) is 4.79 Å². The van der Waals surface area contributed by atoms with Crippen molar-refractivity contribution in [2.24, 2.45) is 18.7 Å². The minimum atomic E-state index is -0.126. The number of rotatable bonds is 7. The Hall–Kier alpha value is -3.82. The second kappa shape index (κ2) is 8.93. The number of carbonyl (C=O) groups is 1. The Kier molecular flexibility index (Phi) is 5.69. The molecular formula is C27H29ClN8O. The normalized spacial score (nSPS) is 15.6. The molecular weight excluding hydrogens is 488 g/mol. The third kappa shape index (κ3) is 4.04. The number of amides is 2. The number of nitrogens with two attached hydrogens (primary N) is 2. The Bertz CT molecular complexity index is 1550. The number of nitrogen functional groups attached to an aromatic ring is 1. The summed E-state index contributed by atoms with van der Waals surface area (Å²) in [4.78, 5) is 21.6. The molecule has 1 aliphatic heterocycles. The van der Waals surface area contributed by atoms with Crippen molar-refractivity contribution in [3.05, 3.63) is 65.5 Å². The molecule has 2 amide bonds. The van der Waals surface area contributed by atoms with Crippen molar-refractivity contribution in [1.82, 2.24) is 24.2 Å². The zero-order valence-corrected chi connectivity index (χ0v) is 21.4. The van der Waals surface area contributed by atoms with E-state index in [4.69, 9.17) is 28.2 Å². The molecule has 1 aromatic carbocycles. The number of hydrogen-bond acceptors (Lipinski definition) is 5. The number of aromatic nitrogens is 4. The molecule has 9 nitrogen and oxygen atoms in total. The van der Waals surface area contributed by atoms with Crippen LogP contribution in [-0.4, -0.2) is 49.9 Å². The van der Waals surface area contributed by atoms with E-state index in [-0.39, 0.29) is 6.03 Å². The summed E-state index contributed by atoms with van der Waals surface area (Å²) in [5, 5.41) is 6.65. The van der Waals surface area contributed by atoms with Gasteiger partial charge in [-0.2, -0.15) is 5.10 Å². The second-order valence-electron chi connectivity index (χ2n) is 9.83. The van der Waals surface area contributed by atoms with Gasteiger partial charge in [-0.1, -0.05) is 18.2 Å². The molecule has 37 heavy (non-hydrogen) atoms. The Balaban J connectivity index is 1.57. The summed E-state index contributed by atoms with van der Waals surface area (Å²) in [6, 6.07) is 9.45. The quantitative estimate of drug-likeness (QED) is 0.380. The number of halogens is 1. The smallest absolute Gasteiger partial charge is 0.330 e. The van der Waals surface area contributed by atoms with E-state index in [2.05, 4.69) is 11.6 Å². The number of nitrogens with zero attached hydrogens (tertiary/aromatic N) is 6. The maximum atomic E-state index is 13.6. The molecule has 0 radical (unpaired) electrons. The van der Waals surface area contributed by atoms with Gasteiger partial charge in [0.25, 0.3) is 0 Å². The standard InChI is InChI=1S/C27H29ClN8O/c1-16-24-25(23-12-20(30)15-33(23)2)36(14-18-7-9-31-22-6-5-19(28)11-21(18)22)32-26(24)35(13-17-3-4-17)27(37)34(16)10-8-29/h5-7,9,11-12,15,17H,1,3-4,8,10,13-14,29-30H2,2H3. The highest BCUT2D eigenvalue weighted by Gasteiger charge is 2.41. The van der Waals surface area contributed by atoms with Crippen LogP contribution in [0.5, 0.6) is 0 Å². The van der Waals surface area contributed by atoms with Gasteiger partial charge in [-0.15, -0.1) is 0 Å². The zero-order valence-electron chi connectivity index (χ0n) is 20.7. The summed E-state index contributed by atoms with van der Waals surface area (Å²) >= 11 is 6.34. The van der Waals surface area contributed by atoms with E-state index < -0.39 is 0 Å². The number of benzene rings is 1. The van der Waals surface area contributed by atoms with Crippen LogP contribution in [0.4, 0.5) is 16.3 Å². The van der Waals surface area contributed by atoms with Crippen LogP contribution in [0, 0.1) is 5.92 Å². The first-order valence-corrected chi connectivity index (χ1v) is 12.8. The summed E-state index contributed by atoms with van der Waals surface area (Å²) < 4.78 is 3.92. The first-order chi connectivity index (χ1) is 17.9. The van der Waals surface area contributed by atoms with Crippen molar-refractivity contribution >= 4 is 45.7 Å². The SMILES string of the molecule is C=C1c2c(nn(Cc3ccnc4ccc(Cl)cc34)c2-c2cc(N)cn2C)N(CC2CC2)C(=O)N1CCN. The number of anilines is 2. The molecule has 190 valence electrons. The van der Waals surface area contributed by atoms with E-state index in [0.717, 1.165) is 46.3 Å². The van der Waals surface area contributed by atoms with Crippen LogP contribution >= 0.6 is 11.6 Å². The van der Waals surface area contributed by atoms with Gasteiger partial charge in [-0.3, -0.25) is 19.5 Å². The number of urea groups is 1. The van der Waals surface area contributed by atoms with Crippen molar-refractivity contribution in [2.75, 3.05) is 30.3 Å². The van der Waals surface area contributed by atoms with Crippen molar-refractivity contribution in [2.45, 2.75) is 19.4 Å². The van der Waals surface area contributed by atoms with Crippen LogP contribution in [0.15, 0.2) is 49.3 Å². The van der Waals surface area contributed by atoms with Crippen molar-refractivity contribution in [1.29, 1.82) is 0 Å². The largest absolute Gasteiger partial charge is 0.397 e. The van der Waals surface area contributed by atoms with Crippen LogP contribution in [0.3, 0.4) is 0 Å². The molecule has 0 unspecified atom stereocenters. The lowest BCUT2D eigenvalue weighted by atomic mass is 10.0. The monoisotopic (exact) mass is 516 g/mol. The molecule has 2 aliphatic rings. The van der Waals surface area contributed by atoms with E-state index in [0.29, 0.717) is 54.3 Å². The lowest BCUT2D eigenvalue weighted by Crippen LogP contribution is -2.48. The predicted molar refractivity (Wildman–Crippen MR) is 147 cm³/mol. The average Bonchev–Trinajstić information content (AvgIpc) is 3.53. The molecule has 4 aromatic rings. The first kappa shape index (κ1) is 23.6. The minimum absolute atomic E-state index is 0.126. The van der Waals surface area contributed by atoms with Crippen molar-refractivity contribution < 1.29 is 4.79 Å². The van der Waals surface area contributed by atoms with Crippen LogP contribution < -0.4 is 16.4 Å². The van der Waals surface area contributed by atoms with Crippen LogP contribution in [-0.2, 0) is 13.6 Å². The number of hydrogen-bond donors (Lipinski definition) is 2. The van der Waals surface area contributed by atoms with E-state index in [1.807, 2.05) is 52.8 Å². The summed E-state index contributed by atoms with van der Waals surface area (Å²) in [6.45, 7) is 6.13. The highest BCUT2D eigenvalue weighted by atomic mass is 35.5. The second-order valence-corrected chi connectivity index (χ2v) is 10.3. The van der Waals surface area contributed by atoms with Gasteiger partial charge in [0.2, 0.25) is 0 Å². The molecule has 4 heterocycles. The summed E-state index contributed by atoms with van der Waals surface area (Å²) in [7, 11) is 1.95. The number of aryl methyl sites for hydroxylation is 1. The predicted octanol–water partition coefficient (Wildman–Crippen LogP) is 4.30. The van der Waals surface area contributed by atoms with Crippen LogP contribution in [0.1, 0.15) is 24.0 Å². The first-order valence-electron chi connectivity index (χ1n) is 12.4. The van der Waals surface area contributed by atoms with Gasteiger partial charge < -0.3 is 16.0 Å². The topological polar surface area (TPSA) is 111 Å². The maximum Gasteiger partial charge on any atom is 0.330 e. The van der Waals surface area contributed by atoms with Gasteiger partial charge in [0.05, 0.1) is 40.4 Å². The molecule has 0 atom stereocenters. The summed E-state index contributed by atoms with van der Waals surface area (Å²) in [5.41, 5.74) is 17.8. The summed E-state index contributed by atoms with van der Waals surface area (Å²) in [6.07, 6.45) is 5.89. The fraction of sp³-hybridized carbons (Fsp3) is 0.296. The third-order valence-corrected chi connectivity index (χ3v) is 7.37. The van der Waals surface area contributed by atoms with E-state index >= 15 is 0 Å². The fourth-order valence-electron chi connectivity index (χ4n) is 5.15. The lowest BCUT2D eigenvalue weighted by molar-refractivity contribution is 0.223.